The van der Waals surface area contributed by atoms with E-state index < -0.39 is 10.0 Å². The number of hydrogen-bond donors (Lipinski definition) is 1. The molecule has 0 bridgehead atoms. The maximum atomic E-state index is 12.7. The molecule has 1 aliphatic rings. The number of nitrogens with two attached hydrogens (primary N) is 1. The Hall–Kier alpha value is -0.910. The average Bonchev–Trinajstić information content (AvgIpc) is 2.53. The van der Waals surface area contributed by atoms with E-state index in [1.807, 2.05) is 30.3 Å². The van der Waals surface area contributed by atoms with Crippen LogP contribution in [0.4, 0.5) is 0 Å². The van der Waals surface area contributed by atoms with Crippen molar-refractivity contribution in [3.05, 3.63) is 35.9 Å². The lowest BCUT2D eigenvalue weighted by atomic mass is 9.91. The molecule has 0 saturated heterocycles. The third kappa shape index (κ3) is 5.38. The van der Waals surface area contributed by atoms with Crippen LogP contribution >= 0.6 is 0 Å². The maximum absolute atomic E-state index is 12.7. The second-order valence-corrected chi connectivity index (χ2v) is 8.22. The minimum Gasteiger partial charge on any atom is -0.329 e. The van der Waals surface area contributed by atoms with E-state index in [2.05, 4.69) is 0 Å². The van der Waals surface area contributed by atoms with Crippen molar-refractivity contribution in [3.63, 3.8) is 0 Å². The topological polar surface area (TPSA) is 63.4 Å². The Morgan fingerprint density at radius 1 is 1.05 bits per heavy atom. The van der Waals surface area contributed by atoms with Gasteiger partial charge in [0, 0.05) is 19.6 Å². The van der Waals surface area contributed by atoms with Gasteiger partial charge in [-0.2, -0.15) is 0 Å². The van der Waals surface area contributed by atoms with E-state index in [9.17, 15) is 8.42 Å². The molecule has 0 radical (unpaired) electrons. The van der Waals surface area contributed by atoms with E-state index >= 15 is 0 Å². The van der Waals surface area contributed by atoms with Gasteiger partial charge >= 0.3 is 0 Å². The Morgan fingerprint density at radius 2 is 1.73 bits per heavy atom. The summed E-state index contributed by atoms with van der Waals surface area (Å²) in [5.74, 6) is 0.623. The molecule has 1 fully saturated rings. The fourth-order valence-corrected chi connectivity index (χ4v) is 5.08. The van der Waals surface area contributed by atoms with Gasteiger partial charge in [-0.15, -0.1) is 0 Å². The summed E-state index contributed by atoms with van der Waals surface area (Å²) in [5.41, 5.74) is 6.79. The first-order chi connectivity index (χ1) is 10.6. The van der Waals surface area contributed by atoms with E-state index in [4.69, 9.17) is 5.73 Å². The second kappa shape index (κ2) is 8.65. The van der Waals surface area contributed by atoms with Crippen LogP contribution in [0.1, 0.15) is 37.7 Å². The highest BCUT2D eigenvalue weighted by molar-refractivity contribution is 7.89. The zero-order valence-corrected chi connectivity index (χ0v) is 14.1. The summed E-state index contributed by atoms with van der Waals surface area (Å²) in [4.78, 5) is 0. The molecule has 1 aromatic rings. The van der Waals surface area contributed by atoms with Crippen molar-refractivity contribution in [2.45, 2.75) is 38.5 Å². The highest BCUT2D eigenvalue weighted by Gasteiger charge is 2.26. The van der Waals surface area contributed by atoms with Gasteiger partial charge in [-0.25, -0.2) is 12.7 Å². The summed E-state index contributed by atoms with van der Waals surface area (Å²) in [6, 6.07) is 10.0. The number of rotatable bonds is 8. The highest BCUT2D eigenvalue weighted by atomic mass is 32.2. The first-order valence-corrected chi connectivity index (χ1v) is 9.94. The third-order valence-electron chi connectivity index (χ3n) is 4.44. The number of sulfonamides is 1. The number of benzene rings is 1. The molecule has 1 aromatic carbocycles. The molecule has 2 rings (SSSR count). The molecular formula is C17H28N2O2S. The smallest absolute Gasteiger partial charge is 0.214 e. The number of hydrogen-bond acceptors (Lipinski definition) is 3. The van der Waals surface area contributed by atoms with Gasteiger partial charge in [-0.05, 0) is 30.7 Å². The Kier molecular flexibility index (Phi) is 6.86. The Balaban J connectivity index is 1.95. The lowest BCUT2D eigenvalue weighted by molar-refractivity contribution is 0.367. The molecule has 124 valence electrons. The van der Waals surface area contributed by atoms with Crippen LogP contribution in [0.3, 0.4) is 0 Å². The van der Waals surface area contributed by atoms with E-state index in [1.54, 1.807) is 4.31 Å². The van der Waals surface area contributed by atoms with Crippen molar-refractivity contribution in [1.82, 2.24) is 4.31 Å². The third-order valence-corrected chi connectivity index (χ3v) is 6.48. The molecule has 1 aliphatic carbocycles. The minimum atomic E-state index is -3.20. The van der Waals surface area contributed by atoms with Crippen LogP contribution in [0.25, 0.3) is 0 Å². The van der Waals surface area contributed by atoms with Crippen LogP contribution < -0.4 is 5.73 Å². The molecule has 5 heteroatoms. The van der Waals surface area contributed by atoms with Gasteiger partial charge in [0.25, 0.3) is 0 Å². The van der Waals surface area contributed by atoms with Crippen molar-refractivity contribution in [3.8, 4) is 0 Å². The summed E-state index contributed by atoms with van der Waals surface area (Å²) < 4.78 is 27.0. The van der Waals surface area contributed by atoms with Gasteiger partial charge in [-0.3, -0.25) is 0 Å². The first kappa shape index (κ1) is 17.4. The number of nitrogens with zero attached hydrogens (tertiary/aromatic N) is 1. The van der Waals surface area contributed by atoms with Crippen molar-refractivity contribution in [2.24, 2.45) is 11.7 Å². The molecule has 0 aliphatic heterocycles. The Labute approximate surface area is 134 Å². The second-order valence-electron chi connectivity index (χ2n) is 6.21. The van der Waals surface area contributed by atoms with Crippen LogP contribution in [0.2, 0.25) is 0 Å². The predicted octanol–water partition coefficient (Wildman–Crippen LogP) is 2.40. The van der Waals surface area contributed by atoms with Gasteiger partial charge < -0.3 is 5.73 Å². The maximum Gasteiger partial charge on any atom is 0.214 e. The van der Waals surface area contributed by atoms with Crippen molar-refractivity contribution in [2.75, 3.05) is 25.4 Å². The zero-order chi connectivity index (χ0) is 15.8. The van der Waals surface area contributed by atoms with E-state index in [-0.39, 0.29) is 0 Å². The van der Waals surface area contributed by atoms with Gasteiger partial charge in [0.05, 0.1) is 5.75 Å². The molecule has 0 aromatic heterocycles. The van der Waals surface area contributed by atoms with Crippen molar-refractivity contribution < 1.29 is 8.42 Å². The molecule has 0 heterocycles. The molecule has 0 amide bonds. The minimum absolute atomic E-state index is 0.293. The average molecular weight is 324 g/mol. The van der Waals surface area contributed by atoms with Crippen LogP contribution in [0, 0.1) is 5.92 Å². The van der Waals surface area contributed by atoms with Crippen LogP contribution in [-0.4, -0.2) is 38.1 Å². The SMILES string of the molecule is NCCN(CCc1ccccc1)S(=O)(=O)CC1CCCCC1. The quantitative estimate of drug-likeness (QED) is 0.798. The van der Waals surface area contributed by atoms with E-state index in [0.717, 1.165) is 24.8 Å². The summed E-state index contributed by atoms with van der Waals surface area (Å²) in [6.45, 7) is 1.32. The normalized spacial score (nSPS) is 17.0. The van der Waals surface area contributed by atoms with Crippen LogP contribution in [0.5, 0.6) is 0 Å². The van der Waals surface area contributed by atoms with Crippen LogP contribution in [-0.2, 0) is 16.4 Å². The summed E-state index contributed by atoms with van der Waals surface area (Å²) in [5, 5.41) is 0. The Bertz CT molecular complexity index is 525. The monoisotopic (exact) mass is 324 g/mol. The van der Waals surface area contributed by atoms with Gasteiger partial charge in [-0.1, -0.05) is 49.6 Å². The van der Waals surface area contributed by atoms with Crippen LogP contribution in [0.15, 0.2) is 30.3 Å². The molecule has 0 unspecified atom stereocenters. The zero-order valence-electron chi connectivity index (χ0n) is 13.3. The van der Waals surface area contributed by atoms with E-state index in [0.29, 0.717) is 31.3 Å². The molecular weight excluding hydrogens is 296 g/mol. The van der Waals surface area contributed by atoms with Crippen molar-refractivity contribution in [1.29, 1.82) is 0 Å². The molecule has 2 N–H and O–H groups in total. The largest absolute Gasteiger partial charge is 0.329 e. The summed E-state index contributed by atoms with van der Waals surface area (Å²) >= 11 is 0. The lowest BCUT2D eigenvalue weighted by Gasteiger charge is -2.26. The van der Waals surface area contributed by atoms with Gasteiger partial charge in [0.2, 0.25) is 10.0 Å². The summed E-state index contributed by atoms with van der Waals surface area (Å²) in [7, 11) is -3.20. The Morgan fingerprint density at radius 3 is 2.36 bits per heavy atom. The summed E-state index contributed by atoms with van der Waals surface area (Å²) in [6.07, 6.45) is 6.42. The van der Waals surface area contributed by atoms with E-state index in [1.165, 1.54) is 19.3 Å². The highest BCUT2D eigenvalue weighted by Crippen LogP contribution is 2.25. The lowest BCUT2D eigenvalue weighted by Crippen LogP contribution is -2.40. The predicted molar refractivity (Wildman–Crippen MR) is 91.1 cm³/mol. The van der Waals surface area contributed by atoms with Gasteiger partial charge in [0.15, 0.2) is 0 Å². The molecule has 0 atom stereocenters. The molecule has 22 heavy (non-hydrogen) atoms. The molecule has 4 nitrogen and oxygen atoms in total. The molecule has 0 spiro atoms. The first-order valence-electron chi connectivity index (χ1n) is 8.33. The fraction of sp³-hybridized carbons (Fsp3) is 0.647. The fourth-order valence-electron chi connectivity index (χ4n) is 3.19. The van der Waals surface area contributed by atoms with Gasteiger partial charge in [0.1, 0.15) is 0 Å². The standard InChI is InChI=1S/C17H28N2O2S/c18-12-14-19(13-11-16-7-3-1-4-8-16)22(20,21)15-17-9-5-2-6-10-17/h1,3-4,7-8,17H,2,5-6,9-15,18H2. The molecule has 1 saturated carbocycles. The van der Waals surface area contributed by atoms with Crippen molar-refractivity contribution >= 4 is 10.0 Å².